The second-order valence-electron chi connectivity index (χ2n) is 5.60. The van der Waals surface area contributed by atoms with Gasteiger partial charge in [-0.15, -0.1) is 0 Å². The van der Waals surface area contributed by atoms with Gasteiger partial charge in [0.1, 0.15) is 5.78 Å². The first-order valence-corrected chi connectivity index (χ1v) is 8.13. The van der Waals surface area contributed by atoms with Gasteiger partial charge in [-0.3, -0.25) is 9.00 Å². The first-order valence-electron chi connectivity index (χ1n) is 6.81. The Kier molecular flexibility index (Phi) is 3.40. The van der Waals surface area contributed by atoms with E-state index < -0.39 is 10.8 Å². The summed E-state index contributed by atoms with van der Waals surface area (Å²) >= 11 is 0. The fourth-order valence-electron chi connectivity index (χ4n) is 3.48. The van der Waals surface area contributed by atoms with Gasteiger partial charge in [0, 0.05) is 10.8 Å². The maximum atomic E-state index is 12.4. The summed E-state index contributed by atoms with van der Waals surface area (Å²) in [4.78, 5) is 13.2. The number of carbonyl (C=O) groups is 1. The third-order valence-electron chi connectivity index (χ3n) is 4.50. The molecule has 2 aliphatic rings. The minimum absolute atomic E-state index is 0.0858. The predicted molar refractivity (Wildman–Crippen MR) is 76.1 cm³/mol. The molecule has 0 aromatic heterocycles. The molecule has 0 radical (unpaired) electrons. The molecule has 3 rings (SSSR count). The van der Waals surface area contributed by atoms with Gasteiger partial charge in [-0.05, 0) is 36.3 Å². The van der Waals surface area contributed by atoms with Crippen LogP contribution in [-0.4, -0.2) is 15.7 Å². The predicted octanol–water partition coefficient (Wildman–Crippen LogP) is 2.82. The van der Waals surface area contributed by atoms with Crippen molar-refractivity contribution < 1.29 is 9.00 Å². The van der Waals surface area contributed by atoms with Gasteiger partial charge in [-0.25, -0.2) is 0 Å². The van der Waals surface area contributed by atoms with E-state index in [1.54, 1.807) is 0 Å². The Hall–Kier alpha value is -1.22. The first-order chi connectivity index (χ1) is 9.16. The van der Waals surface area contributed by atoms with Gasteiger partial charge >= 0.3 is 0 Å². The van der Waals surface area contributed by atoms with Crippen molar-refractivity contribution in [1.29, 1.82) is 0 Å². The van der Waals surface area contributed by atoms with Crippen molar-refractivity contribution in [3.63, 3.8) is 0 Å². The molecule has 0 spiro atoms. The Morgan fingerprint density at radius 1 is 1.21 bits per heavy atom. The van der Waals surface area contributed by atoms with Crippen LogP contribution >= 0.6 is 0 Å². The summed E-state index contributed by atoms with van der Waals surface area (Å²) in [5, 5.41) is 0. The van der Waals surface area contributed by atoms with E-state index in [4.69, 9.17) is 0 Å². The van der Waals surface area contributed by atoms with E-state index >= 15 is 0 Å². The Bertz CT molecular complexity index is 535. The topological polar surface area (TPSA) is 34.1 Å². The number of carbonyl (C=O) groups excluding carboxylic acids is 1. The van der Waals surface area contributed by atoms with Crippen LogP contribution in [0.2, 0.25) is 0 Å². The highest BCUT2D eigenvalue weighted by atomic mass is 32.2. The minimum Gasteiger partial charge on any atom is -0.298 e. The highest BCUT2D eigenvalue weighted by molar-refractivity contribution is 7.85. The van der Waals surface area contributed by atoms with Crippen molar-refractivity contribution in [2.24, 2.45) is 23.7 Å². The van der Waals surface area contributed by atoms with Crippen LogP contribution in [0.5, 0.6) is 0 Å². The van der Waals surface area contributed by atoms with Crippen molar-refractivity contribution in [3.8, 4) is 0 Å². The zero-order chi connectivity index (χ0) is 13.4. The number of hydrogen-bond acceptors (Lipinski definition) is 2. The zero-order valence-electron chi connectivity index (χ0n) is 11.0. The molecule has 1 fully saturated rings. The molecule has 2 nitrogen and oxygen atoms in total. The lowest BCUT2D eigenvalue weighted by molar-refractivity contribution is -0.122. The molecule has 2 aliphatic carbocycles. The van der Waals surface area contributed by atoms with Crippen LogP contribution in [0.15, 0.2) is 47.4 Å². The quantitative estimate of drug-likeness (QED) is 0.791. The van der Waals surface area contributed by atoms with E-state index in [1.165, 1.54) is 0 Å². The lowest BCUT2D eigenvalue weighted by Crippen LogP contribution is -2.29. The van der Waals surface area contributed by atoms with Gasteiger partial charge in [0.25, 0.3) is 0 Å². The van der Waals surface area contributed by atoms with Crippen LogP contribution in [0.3, 0.4) is 0 Å². The lowest BCUT2D eigenvalue weighted by atomic mass is 9.82. The SMILES string of the molecule is C[C@@H]1[C@@H](C(=O)CS(=O)c2ccccc2)[C@H]2C=C[C@@H]1C2. The Labute approximate surface area is 116 Å². The van der Waals surface area contributed by atoms with Crippen molar-refractivity contribution in [1.82, 2.24) is 0 Å². The van der Waals surface area contributed by atoms with Crippen LogP contribution in [0.4, 0.5) is 0 Å². The summed E-state index contributed by atoms with van der Waals surface area (Å²) in [5.74, 6) is 1.78. The number of rotatable bonds is 4. The van der Waals surface area contributed by atoms with Gasteiger partial charge in [0.15, 0.2) is 0 Å². The molecule has 1 unspecified atom stereocenters. The number of ketones is 1. The Morgan fingerprint density at radius 3 is 2.53 bits per heavy atom. The minimum atomic E-state index is -1.20. The van der Waals surface area contributed by atoms with Crippen LogP contribution in [0, 0.1) is 23.7 Å². The maximum Gasteiger partial charge on any atom is 0.149 e. The largest absolute Gasteiger partial charge is 0.298 e. The van der Waals surface area contributed by atoms with Gasteiger partial charge in [-0.1, -0.05) is 37.3 Å². The smallest absolute Gasteiger partial charge is 0.149 e. The summed E-state index contributed by atoms with van der Waals surface area (Å²) < 4.78 is 12.2. The molecule has 0 saturated heterocycles. The number of hydrogen-bond donors (Lipinski definition) is 0. The monoisotopic (exact) mass is 274 g/mol. The summed E-state index contributed by atoms with van der Waals surface area (Å²) in [6.07, 6.45) is 5.53. The summed E-state index contributed by atoms with van der Waals surface area (Å²) in [5.41, 5.74) is 0. The van der Waals surface area contributed by atoms with Crippen LogP contribution in [0.1, 0.15) is 13.3 Å². The average molecular weight is 274 g/mol. The zero-order valence-corrected chi connectivity index (χ0v) is 11.8. The number of fused-ring (bicyclic) bond motifs is 2. The molecule has 1 saturated carbocycles. The van der Waals surface area contributed by atoms with Gasteiger partial charge < -0.3 is 0 Å². The standard InChI is InChI=1S/C16H18O2S/c1-11-12-7-8-13(9-12)16(11)15(17)10-19(18)14-5-3-2-4-6-14/h2-8,11-13,16H,9-10H2,1H3/t11-,12+,13-,16+,19?/m0/s1. The lowest BCUT2D eigenvalue weighted by Gasteiger charge is -2.23. The van der Waals surface area contributed by atoms with E-state index in [0.29, 0.717) is 17.8 Å². The molecule has 100 valence electrons. The Balaban J connectivity index is 1.69. The van der Waals surface area contributed by atoms with E-state index in [1.807, 2.05) is 30.3 Å². The Morgan fingerprint density at radius 2 is 1.89 bits per heavy atom. The highest BCUT2D eigenvalue weighted by Gasteiger charge is 2.45. The maximum absolute atomic E-state index is 12.4. The molecule has 0 amide bonds. The van der Waals surface area contributed by atoms with Crippen LogP contribution in [0.25, 0.3) is 0 Å². The number of Topliss-reactive ketones (excluding diaryl/α,β-unsaturated/α-hetero) is 1. The van der Waals surface area contributed by atoms with E-state index in [2.05, 4.69) is 19.1 Å². The van der Waals surface area contributed by atoms with Crippen molar-refractivity contribution in [2.45, 2.75) is 18.2 Å². The first kappa shape index (κ1) is 12.8. The average Bonchev–Trinajstić information content (AvgIpc) is 3.00. The van der Waals surface area contributed by atoms with Crippen molar-refractivity contribution in [2.75, 3.05) is 5.75 Å². The van der Waals surface area contributed by atoms with Crippen molar-refractivity contribution in [3.05, 3.63) is 42.5 Å². The molecule has 1 aromatic rings. The van der Waals surface area contributed by atoms with E-state index in [9.17, 15) is 9.00 Å². The van der Waals surface area contributed by atoms with E-state index in [0.717, 1.165) is 11.3 Å². The van der Waals surface area contributed by atoms with Crippen LogP contribution < -0.4 is 0 Å². The molecule has 1 aromatic carbocycles. The number of benzene rings is 1. The normalized spacial score (nSPS) is 33.5. The van der Waals surface area contributed by atoms with Gasteiger partial charge in [0.2, 0.25) is 0 Å². The molecule has 5 atom stereocenters. The highest BCUT2D eigenvalue weighted by Crippen LogP contribution is 2.48. The molecule has 0 aliphatic heterocycles. The van der Waals surface area contributed by atoms with Gasteiger partial charge in [0.05, 0.1) is 16.6 Å². The molecule has 0 heterocycles. The third kappa shape index (κ3) is 2.32. The fraction of sp³-hybridized carbons (Fsp3) is 0.438. The molecular weight excluding hydrogens is 256 g/mol. The second kappa shape index (κ2) is 5.04. The molecule has 19 heavy (non-hydrogen) atoms. The summed E-state index contributed by atoms with van der Waals surface area (Å²) in [6, 6.07) is 9.27. The van der Waals surface area contributed by atoms with Crippen molar-refractivity contribution >= 4 is 16.6 Å². The second-order valence-corrected chi connectivity index (χ2v) is 7.05. The van der Waals surface area contributed by atoms with Gasteiger partial charge in [-0.2, -0.15) is 0 Å². The molecule has 2 bridgehead atoms. The molecular formula is C16H18O2S. The van der Waals surface area contributed by atoms with E-state index in [-0.39, 0.29) is 17.5 Å². The fourth-order valence-corrected chi connectivity index (χ4v) is 4.56. The third-order valence-corrected chi connectivity index (χ3v) is 5.85. The summed E-state index contributed by atoms with van der Waals surface area (Å²) in [6.45, 7) is 2.15. The summed E-state index contributed by atoms with van der Waals surface area (Å²) in [7, 11) is -1.20. The molecule has 3 heteroatoms. The van der Waals surface area contributed by atoms with Crippen LogP contribution in [-0.2, 0) is 15.6 Å². The molecule has 0 N–H and O–H groups in total. The number of allylic oxidation sites excluding steroid dienone is 2.